The van der Waals surface area contributed by atoms with Crippen molar-refractivity contribution in [3.05, 3.63) is 0 Å². The molecule has 0 fully saturated rings. The summed E-state index contributed by atoms with van der Waals surface area (Å²) in [6, 6.07) is 0. The summed E-state index contributed by atoms with van der Waals surface area (Å²) in [7, 11) is 5.35. The van der Waals surface area contributed by atoms with E-state index in [0.717, 1.165) is 6.54 Å². The number of esters is 1. The number of carbonyl (C=O) groups is 1. The standard InChI is InChI=1S/C9H19NO3/c1-8(9(11)12-4)7-13-6-5-10(2)3/h8H,5-7H2,1-4H3. The van der Waals surface area contributed by atoms with Crippen molar-refractivity contribution in [2.24, 2.45) is 5.92 Å². The van der Waals surface area contributed by atoms with Crippen LogP contribution in [0.1, 0.15) is 6.92 Å². The van der Waals surface area contributed by atoms with Crippen molar-refractivity contribution in [1.29, 1.82) is 0 Å². The Morgan fingerprint density at radius 2 is 2.08 bits per heavy atom. The summed E-state index contributed by atoms with van der Waals surface area (Å²) in [5.41, 5.74) is 0. The van der Waals surface area contributed by atoms with E-state index in [9.17, 15) is 4.79 Å². The second-order valence-corrected chi connectivity index (χ2v) is 3.30. The number of hydrogen-bond donors (Lipinski definition) is 0. The first-order valence-electron chi connectivity index (χ1n) is 4.38. The lowest BCUT2D eigenvalue weighted by molar-refractivity contribution is -0.146. The molecule has 0 aliphatic carbocycles. The molecule has 0 amide bonds. The molecule has 0 aromatic carbocycles. The lowest BCUT2D eigenvalue weighted by Crippen LogP contribution is -2.22. The molecule has 0 radical (unpaired) electrons. The van der Waals surface area contributed by atoms with E-state index in [4.69, 9.17) is 4.74 Å². The van der Waals surface area contributed by atoms with Gasteiger partial charge in [-0.05, 0) is 21.0 Å². The zero-order valence-corrected chi connectivity index (χ0v) is 8.87. The highest BCUT2D eigenvalue weighted by Gasteiger charge is 2.12. The van der Waals surface area contributed by atoms with E-state index in [1.54, 1.807) is 6.92 Å². The zero-order valence-electron chi connectivity index (χ0n) is 8.87. The average molecular weight is 189 g/mol. The van der Waals surface area contributed by atoms with E-state index in [1.807, 2.05) is 19.0 Å². The minimum Gasteiger partial charge on any atom is -0.469 e. The van der Waals surface area contributed by atoms with Crippen LogP contribution in [0.4, 0.5) is 0 Å². The van der Waals surface area contributed by atoms with Crippen LogP contribution in [-0.4, -0.2) is 51.8 Å². The summed E-state index contributed by atoms with van der Waals surface area (Å²) in [4.78, 5) is 13.0. The highest BCUT2D eigenvalue weighted by molar-refractivity contribution is 5.71. The molecule has 0 saturated heterocycles. The second-order valence-electron chi connectivity index (χ2n) is 3.30. The molecule has 0 aromatic heterocycles. The fourth-order valence-corrected chi connectivity index (χ4v) is 0.776. The van der Waals surface area contributed by atoms with Crippen LogP contribution < -0.4 is 0 Å². The van der Waals surface area contributed by atoms with Crippen LogP contribution in [0, 0.1) is 5.92 Å². The van der Waals surface area contributed by atoms with Gasteiger partial charge in [-0.2, -0.15) is 0 Å². The van der Waals surface area contributed by atoms with E-state index in [-0.39, 0.29) is 11.9 Å². The third kappa shape index (κ3) is 6.54. The molecule has 0 heterocycles. The Morgan fingerprint density at radius 1 is 1.46 bits per heavy atom. The molecule has 0 rings (SSSR count). The van der Waals surface area contributed by atoms with E-state index in [1.165, 1.54) is 7.11 Å². The van der Waals surface area contributed by atoms with Crippen LogP contribution in [0.3, 0.4) is 0 Å². The lowest BCUT2D eigenvalue weighted by atomic mass is 10.2. The van der Waals surface area contributed by atoms with Crippen molar-refractivity contribution in [2.45, 2.75) is 6.92 Å². The molecule has 0 aliphatic rings. The first kappa shape index (κ1) is 12.4. The number of rotatable bonds is 6. The van der Waals surface area contributed by atoms with Crippen molar-refractivity contribution < 1.29 is 14.3 Å². The number of likely N-dealkylation sites (N-methyl/N-ethyl adjacent to an activating group) is 1. The minimum absolute atomic E-state index is 0.174. The summed E-state index contributed by atoms with van der Waals surface area (Å²) >= 11 is 0. The van der Waals surface area contributed by atoms with Crippen molar-refractivity contribution in [3.63, 3.8) is 0 Å². The maximum absolute atomic E-state index is 10.9. The van der Waals surface area contributed by atoms with Crippen LogP contribution in [0.2, 0.25) is 0 Å². The molecule has 0 saturated carbocycles. The summed E-state index contributed by atoms with van der Waals surface area (Å²) in [5.74, 6) is -0.392. The molecular weight excluding hydrogens is 170 g/mol. The van der Waals surface area contributed by atoms with Gasteiger partial charge in [-0.1, -0.05) is 0 Å². The quantitative estimate of drug-likeness (QED) is 0.447. The molecule has 0 aliphatic heterocycles. The van der Waals surface area contributed by atoms with Gasteiger partial charge >= 0.3 is 5.97 Å². The number of ether oxygens (including phenoxy) is 2. The largest absolute Gasteiger partial charge is 0.469 e. The molecule has 0 spiro atoms. The molecule has 1 atom stereocenters. The van der Waals surface area contributed by atoms with Crippen LogP contribution in [-0.2, 0) is 14.3 Å². The molecule has 0 bridgehead atoms. The van der Waals surface area contributed by atoms with Gasteiger partial charge in [0.05, 0.1) is 26.2 Å². The van der Waals surface area contributed by atoms with Crippen LogP contribution in [0.25, 0.3) is 0 Å². The van der Waals surface area contributed by atoms with E-state index >= 15 is 0 Å². The SMILES string of the molecule is COC(=O)C(C)COCCN(C)C. The fourth-order valence-electron chi connectivity index (χ4n) is 0.776. The molecule has 4 heteroatoms. The van der Waals surface area contributed by atoms with Crippen LogP contribution >= 0.6 is 0 Å². The van der Waals surface area contributed by atoms with E-state index in [0.29, 0.717) is 13.2 Å². The molecule has 13 heavy (non-hydrogen) atoms. The Morgan fingerprint density at radius 3 is 2.54 bits per heavy atom. The Hall–Kier alpha value is -0.610. The number of nitrogens with zero attached hydrogens (tertiary/aromatic N) is 1. The fraction of sp³-hybridized carbons (Fsp3) is 0.889. The van der Waals surface area contributed by atoms with Crippen molar-refractivity contribution >= 4 is 5.97 Å². The average Bonchev–Trinajstić information content (AvgIpc) is 2.10. The number of methoxy groups -OCH3 is 1. The topological polar surface area (TPSA) is 38.8 Å². The van der Waals surface area contributed by atoms with Gasteiger partial charge in [0.2, 0.25) is 0 Å². The molecule has 0 N–H and O–H groups in total. The maximum atomic E-state index is 10.9. The minimum atomic E-state index is -0.218. The summed E-state index contributed by atoms with van der Waals surface area (Å²) in [6.07, 6.45) is 0. The van der Waals surface area contributed by atoms with Crippen LogP contribution in [0.5, 0.6) is 0 Å². The lowest BCUT2D eigenvalue weighted by Gasteiger charge is -2.12. The van der Waals surface area contributed by atoms with Gasteiger partial charge < -0.3 is 14.4 Å². The van der Waals surface area contributed by atoms with E-state index in [2.05, 4.69) is 4.74 Å². The first-order chi connectivity index (χ1) is 6.07. The highest BCUT2D eigenvalue weighted by atomic mass is 16.5. The third-order valence-corrected chi connectivity index (χ3v) is 1.65. The smallest absolute Gasteiger partial charge is 0.310 e. The molecule has 0 aromatic rings. The predicted octanol–water partition coefficient (Wildman–Crippen LogP) is 0.374. The first-order valence-corrected chi connectivity index (χ1v) is 4.38. The van der Waals surface area contributed by atoms with Gasteiger partial charge in [-0.25, -0.2) is 0 Å². The zero-order chi connectivity index (χ0) is 10.3. The molecule has 78 valence electrons. The molecule has 4 nitrogen and oxygen atoms in total. The predicted molar refractivity (Wildman–Crippen MR) is 50.6 cm³/mol. The van der Waals surface area contributed by atoms with Crippen molar-refractivity contribution in [2.75, 3.05) is 41.0 Å². The number of hydrogen-bond acceptors (Lipinski definition) is 4. The van der Waals surface area contributed by atoms with Crippen molar-refractivity contribution in [3.8, 4) is 0 Å². The second kappa shape index (κ2) is 6.86. The monoisotopic (exact) mass is 189 g/mol. The Bertz CT molecular complexity index is 148. The Labute approximate surface area is 79.8 Å². The number of carbonyl (C=O) groups excluding carboxylic acids is 1. The molecule has 1 unspecified atom stereocenters. The summed E-state index contributed by atoms with van der Waals surface area (Å²) in [6.45, 7) is 3.74. The van der Waals surface area contributed by atoms with Gasteiger partial charge in [0, 0.05) is 6.54 Å². The van der Waals surface area contributed by atoms with Gasteiger partial charge in [0.15, 0.2) is 0 Å². The highest BCUT2D eigenvalue weighted by Crippen LogP contribution is 1.98. The van der Waals surface area contributed by atoms with Gasteiger partial charge in [0.25, 0.3) is 0 Å². The van der Waals surface area contributed by atoms with E-state index < -0.39 is 0 Å². The van der Waals surface area contributed by atoms with Gasteiger partial charge in [-0.3, -0.25) is 4.79 Å². The van der Waals surface area contributed by atoms with Gasteiger partial charge in [0.1, 0.15) is 0 Å². The maximum Gasteiger partial charge on any atom is 0.310 e. The molecular formula is C9H19NO3. The summed E-state index contributed by atoms with van der Waals surface area (Å²) < 4.78 is 9.85. The Balaban J connectivity index is 3.37. The normalized spacial score (nSPS) is 13.0. The van der Waals surface area contributed by atoms with Crippen LogP contribution in [0.15, 0.2) is 0 Å². The van der Waals surface area contributed by atoms with Crippen molar-refractivity contribution in [1.82, 2.24) is 4.90 Å². The summed E-state index contributed by atoms with van der Waals surface area (Å²) in [5, 5.41) is 0. The Kier molecular flexibility index (Phi) is 6.54. The third-order valence-electron chi connectivity index (χ3n) is 1.65. The van der Waals surface area contributed by atoms with Gasteiger partial charge in [-0.15, -0.1) is 0 Å².